The van der Waals surface area contributed by atoms with Crippen molar-refractivity contribution >= 4 is 33.5 Å². The molecule has 2 N–H and O–H groups in total. The van der Waals surface area contributed by atoms with Gasteiger partial charge in [-0.2, -0.15) is 0 Å². The van der Waals surface area contributed by atoms with Crippen LogP contribution in [0.4, 0.5) is 0 Å². The lowest BCUT2D eigenvalue weighted by molar-refractivity contribution is -0.155. The van der Waals surface area contributed by atoms with Crippen molar-refractivity contribution in [2.24, 2.45) is 0 Å². The Bertz CT molecular complexity index is 906. The third-order valence-corrected chi connectivity index (χ3v) is 5.52. The topological polar surface area (TPSA) is 86.3 Å². The van der Waals surface area contributed by atoms with E-state index in [-0.39, 0.29) is 19.8 Å². The molecule has 0 saturated heterocycles. The van der Waals surface area contributed by atoms with Crippen LogP contribution >= 0.6 is 27.5 Å². The van der Waals surface area contributed by atoms with Gasteiger partial charge in [0.05, 0.1) is 36.8 Å². The standard InChI is InChI=1S/C25H33BrClNO6/c1-25(2,3)34-23(30)14-21(28-22(15-29)17-8-6-5-7-9-17)19-12-18(27)13-20(26)24(19)33-16-32-11-10-31-4/h5-9,12-13,21-22,28-29H,10-11,14-16H2,1-4H3/t21?,22-/m0/s1. The van der Waals surface area contributed by atoms with Gasteiger partial charge in [-0.05, 0) is 54.4 Å². The van der Waals surface area contributed by atoms with Gasteiger partial charge in [0.2, 0.25) is 0 Å². The molecule has 0 radical (unpaired) electrons. The number of aliphatic hydroxyl groups is 1. The van der Waals surface area contributed by atoms with Crippen LogP contribution in [0.15, 0.2) is 46.9 Å². The van der Waals surface area contributed by atoms with Gasteiger partial charge in [-0.25, -0.2) is 0 Å². The fraction of sp³-hybridized carbons (Fsp3) is 0.480. The van der Waals surface area contributed by atoms with Gasteiger partial charge in [-0.15, -0.1) is 0 Å². The first-order chi connectivity index (χ1) is 16.1. The van der Waals surface area contributed by atoms with Crippen LogP contribution in [-0.4, -0.2) is 50.4 Å². The van der Waals surface area contributed by atoms with E-state index < -0.39 is 23.7 Å². The van der Waals surface area contributed by atoms with Crippen LogP contribution in [0.25, 0.3) is 0 Å². The Balaban J connectivity index is 2.39. The number of benzene rings is 2. The minimum atomic E-state index is -0.638. The van der Waals surface area contributed by atoms with E-state index >= 15 is 0 Å². The van der Waals surface area contributed by atoms with E-state index in [1.54, 1.807) is 19.2 Å². The van der Waals surface area contributed by atoms with Crippen molar-refractivity contribution in [1.29, 1.82) is 0 Å². The normalized spacial score (nSPS) is 13.4. The zero-order chi connectivity index (χ0) is 25.1. The highest BCUT2D eigenvalue weighted by Crippen LogP contribution is 2.38. The van der Waals surface area contributed by atoms with Gasteiger partial charge >= 0.3 is 5.97 Å². The number of aliphatic hydroxyl groups excluding tert-OH is 1. The molecular weight excluding hydrogens is 526 g/mol. The van der Waals surface area contributed by atoms with Crippen molar-refractivity contribution in [3.63, 3.8) is 0 Å². The van der Waals surface area contributed by atoms with Crippen LogP contribution in [0.5, 0.6) is 5.75 Å². The van der Waals surface area contributed by atoms with Crippen molar-refractivity contribution in [2.75, 3.05) is 33.7 Å². The molecule has 0 aliphatic rings. The summed E-state index contributed by atoms with van der Waals surface area (Å²) in [4.78, 5) is 12.8. The third kappa shape index (κ3) is 9.52. The molecular formula is C25H33BrClNO6. The van der Waals surface area contributed by atoms with Gasteiger partial charge in [0.1, 0.15) is 11.4 Å². The van der Waals surface area contributed by atoms with Gasteiger partial charge in [0.15, 0.2) is 6.79 Å². The summed E-state index contributed by atoms with van der Waals surface area (Å²) in [5.74, 6) is 0.0840. The Morgan fingerprint density at radius 2 is 1.85 bits per heavy atom. The molecule has 0 aliphatic carbocycles. The summed E-state index contributed by atoms with van der Waals surface area (Å²) >= 11 is 9.88. The van der Waals surface area contributed by atoms with E-state index in [0.29, 0.717) is 34.0 Å². The van der Waals surface area contributed by atoms with Gasteiger partial charge in [0.25, 0.3) is 0 Å². The Morgan fingerprint density at radius 1 is 1.15 bits per heavy atom. The molecule has 188 valence electrons. The minimum absolute atomic E-state index is 0.00568. The molecule has 0 fully saturated rings. The van der Waals surface area contributed by atoms with E-state index in [1.165, 1.54) is 0 Å². The molecule has 7 nitrogen and oxygen atoms in total. The van der Waals surface area contributed by atoms with Crippen molar-refractivity contribution in [3.05, 3.63) is 63.1 Å². The highest BCUT2D eigenvalue weighted by molar-refractivity contribution is 9.10. The maximum Gasteiger partial charge on any atom is 0.308 e. The first-order valence-electron chi connectivity index (χ1n) is 11.0. The summed E-state index contributed by atoms with van der Waals surface area (Å²) in [6, 6.07) is 11.9. The van der Waals surface area contributed by atoms with E-state index in [0.717, 1.165) is 5.56 Å². The van der Waals surface area contributed by atoms with Crippen LogP contribution < -0.4 is 10.1 Å². The molecule has 0 aliphatic heterocycles. The second-order valence-electron chi connectivity index (χ2n) is 8.62. The highest BCUT2D eigenvalue weighted by atomic mass is 79.9. The number of rotatable bonds is 13. The number of methoxy groups -OCH3 is 1. The Hall–Kier alpha value is -1.68. The first kappa shape index (κ1) is 28.6. The zero-order valence-corrected chi connectivity index (χ0v) is 22.3. The Morgan fingerprint density at radius 3 is 2.47 bits per heavy atom. The number of halogens is 2. The fourth-order valence-corrected chi connectivity index (χ4v) is 4.23. The van der Waals surface area contributed by atoms with Crippen LogP contribution in [0.3, 0.4) is 0 Å². The first-order valence-corrected chi connectivity index (χ1v) is 12.1. The smallest absolute Gasteiger partial charge is 0.308 e. The van der Waals surface area contributed by atoms with E-state index in [9.17, 15) is 9.90 Å². The number of hydrogen-bond acceptors (Lipinski definition) is 7. The number of carbonyl (C=O) groups is 1. The number of nitrogens with one attached hydrogen (secondary N) is 1. The molecule has 0 bridgehead atoms. The maximum atomic E-state index is 12.8. The average Bonchev–Trinajstić information content (AvgIpc) is 2.76. The quantitative estimate of drug-likeness (QED) is 0.199. The number of hydrogen-bond donors (Lipinski definition) is 2. The monoisotopic (exact) mass is 557 g/mol. The fourth-order valence-electron chi connectivity index (χ4n) is 3.28. The van der Waals surface area contributed by atoms with Crippen molar-refractivity contribution < 1.29 is 28.8 Å². The predicted molar refractivity (Wildman–Crippen MR) is 135 cm³/mol. The highest BCUT2D eigenvalue weighted by Gasteiger charge is 2.28. The molecule has 0 spiro atoms. The van der Waals surface area contributed by atoms with Crippen LogP contribution in [0.1, 0.15) is 50.4 Å². The summed E-state index contributed by atoms with van der Waals surface area (Å²) < 4.78 is 22.5. The Kier molecular flexibility index (Phi) is 11.8. The molecule has 0 amide bonds. The lowest BCUT2D eigenvalue weighted by Gasteiger charge is -2.28. The van der Waals surface area contributed by atoms with Crippen LogP contribution in [-0.2, 0) is 19.0 Å². The lowest BCUT2D eigenvalue weighted by Crippen LogP contribution is -2.33. The largest absolute Gasteiger partial charge is 0.466 e. The molecule has 34 heavy (non-hydrogen) atoms. The lowest BCUT2D eigenvalue weighted by atomic mass is 9.99. The molecule has 0 aromatic heterocycles. The summed E-state index contributed by atoms with van der Waals surface area (Å²) in [6.07, 6.45) is -0.00568. The van der Waals surface area contributed by atoms with E-state index in [1.807, 2.05) is 51.1 Å². The molecule has 2 rings (SSSR count). The van der Waals surface area contributed by atoms with Crippen LogP contribution in [0, 0.1) is 0 Å². The predicted octanol–water partition coefficient (Wildman–Crippen LogP) is 5.20. The molecule has 0 heterocycles. The van der Waals surface area contributed by atoms with Gasteiger partial charge in [0, 0.05) is 23.7 Å². The van der Waals surface area contributed by atoms with E-state index in [4.69, 9.17) is 30.5 Å². The van der Waals surface area contributed by atoms with Gasteiger partial charge < -0.3 is 29.4 Å². The summed E-state index contributed by atoms with van der Waals surface area (Å²) in [5, 5.41) is 14.0. The van der Waals surface area contributed by atoms with Crippen molar-refractivity contribution in [2.45, 2.75) is 44.9 Å². The Labute approximate surface area is 214 Å². The zero-order valence-electron chi connectivity index (χ0n) is 20.0. The molecule has 1 unspecified atom stereocenters. The molecule has 2 aromatic rings. The van der Waals surface area contributed by atoms with Crippen molar-refractivity contribution in [3.8, 4) is 5.75 Å². The SMILES string of the molecule is COCCOCOc1c(Br)cc(Cl)cc1C(CC(=O)OC(C)(C)C)N[C@@H](CO)c1ccccc1. The second-order valence-corrected chi connectivity index (χ2v) is 9.92. The minimum Gasteiger partial charge on any atom is -0.466 e. The second kappa shape index (κ2) is 14.0. The summed E-state index contributed by atoms with van der Waals surface area (Å²) in [6.45, 7) is 6.07. The number of carbonyl (C=O) groups excluding carboxylic acids is 1. The van der Waals surface area contributed by atoms with Crippen LogP contribution in [0.2, 0.25) is 5.02 Å². The maximum absolute atomic E-state index is 12.8. The summed E-state index contributed by atoms with van der Waals surface area (Å²) in [7, 11) is 1.59. The van der Waals surface area contributed by atoms with Gasteiger partial charge in [-0.1, -0.05) is 41.9 Å². The third-order valence-electron chi connectivity index (χ3n) is 4.71. The number of ether oxygens (including phenoxy) is 4. The van der Waals surface area contributed by atoms with Gasteiger partial charge in [-0.3, -0.25) is 4.79 Å². The molecule has 2 atom stereocenters. The van der Waals surface area contributed by atoms with E-state index in [2.05, 4.69) is 21.2 Å². The average molecular weight is 559 g/mol. The molecule has 2 aromatic carbocycles. The number of esters is 1. The van der Waals surface area contributed by atoms with Crippen molar-refractivity contribution in [1.82, 2.24) is 5.32 Å². The molecule has 0 saturated carbocycles. The summed E-state index contributed by atoms with van der Waals surface area (Å²) in [5.41, 5.74) is 0.876. The molecule has 9 heteroatoms.